The molecule has 0 fully saturated rings. The Labute approximate surface area is 116 Å². The lowest BCUT2D eigenvalue weighted by Gasteiger charge is -2.28. The Kier molecular flexibility index (Phi) is 5.71. The summed E-state index contributed by atoms with van der Waals surface area (Å²) in [6.45, 7) is 5.02. The first-order chi connectivity index (χ1) is 9.51. The van der Waals surface area contributed by atoms with Crippen molar-refractivity contribution in [3.63, 3.8) is 0 Å². The van der Waals surface area contributed by atoms with Crippen molar-refractivity contribution < 1.29 is 19.1 Å². The molecule has 108 valence electrons. The highest BCUT2D eigenvalue weighted by atomic mass is 19.1. The number of para-hydroxylation sites is 1. The van der Waals surface area contributed by atoms with Crippen LogP contribution in [0.5, 0.6) is 0 Å². The number of carbonyl (C=O) groups is 2. The van der Waals surface area contributed by atoms with Crippen LogP contribution in [0.3, 0.4) is 0 Å². The number of hydrogen-bond donors (Lipinski definition) is 1. The number of halogens is 1. The predicted octanol–water partition coefficient (Wildman–Crippen LogP) is 2.34. The van der Waals surface area contributed by atoms with Crippen LogP contribution in [0.15, 0.2) is 36.9 Å². The molecule has 0 aliphatic rings. The molecule has 0 saturated carbocycles. The van der Waals surface area contributed by atoms with Crippen molar-refractivity contribution >= 4 is 17.7 Å². The van der Waals surface area contributed by atoms with Crippen molar-refractivity contribution in [2.45, 2.75) is 6.92 Å². The highest BCUT2D eigenvalue weighted by Gasteiger charge is 2.23. The molecule has 0 saturated heterocycles. The predicted molar refractivity (Wildman–Crippen MR) is 74.2 cm³/mol. The number of rotatable bonds is 6. The smallest absolute Gasteiger partial charge is 0.325 e. The standard InChI is InChI=1S/C14H17FN2O3/c1-3-9-16(10-13(18)19)14(20)17(4-2)12-8-6-5-7-11(12)15/h3,5-8H,1,4,9-10H2,2H3,(H,18,19). The van der Waals surface area contributed by atoms with Crippen LogP contribution in [0.1, 0.15) is 6.92 Å². The van der Waals surface area contributed by atoms with Gasteiger partial charge in [-0.15, -0.1) is 6.58 Å². The van der Waals surface area contributed by atoms with E-state index in [4.69, 9.17) is 5.11 Å². The minimum Gasteiger partial charge on any atom is -0.480 e. The number of anilines is 1. The van der Waals surface area contributed by atoms with Crippen molar-refractivity contribution in [3.8, 4) is 0 Å². The van der Waals surface area contributed by atoms with Crippen molar-refractivity contribution in [2.75, 3.05) is 24.5 Å². The SMILES string of the molecule is C=CCN(CC(=O)O)C(=O)N(CC)c1ccccc1F. The molecule has 0 spiro atoms. The van der Waals surface area contributed by atoms with Crippen LogP contribution in [-0.4, -0.2) is 41.6 Å². The van der Waals surface area contributed by atoms with Crippen molar-refractivity contribution in [1.29, 1.82) is 0 Å². The van der Waals surface area contributed by atoms with Gasteiger partial charge in [0.1, 0.15) is 12.4 Å². The van der Waals surface area contributed by atoms with E-state index in [9.17, 15) is 14.0 Å². The van der Waals surface area contributed by atoms with Gasteiger partial charge in [-0.25, -0.2) is 9.18 Å². The number of carboxylic acid groups (broad SMARTS) is 1. The van der Waals surface area contributed by atoms with Gasteiger partial charge in [0.15, 0.2) is 0 Å². The Morgan fingerprint density at radius 1 is 1.40 bits per heavy atom. The number of aliphatic carboxylic acids is 1. The van der Waals surface area contributed by atoms with Gasteiger partial charge in [0.2, 0.25) is 0 Å². The molecule has 20 heavy (non-hydrogen) atoms. The molecule has 0 aromatic heterocycles. The average molecular weight is 280 g/mol. The quantitative estimate of drug-likeness (QED) is 0.814. The van der Waals surface area contributed by atoms with Crippen LogP contribution in [0.25, 0.3) is 0 Å². The molecule has 0 heterocycles. The van der Waals surface area contributed by atoms with E-state index < -0.39 is 24.4 Å². The zero-order valence-corrected chi connectivity index (χ0v) is 11.3. The summed E-state index contributed by atoms with van der Waals surface area (Å²) in [6.07, 6.45) is 1.43. The second-order valence-corrected chi connectivity index (χ2v) is 4.04. The zero-order chi connectivity index (χ0) is 15.1. The topological polar surface area (TPSA) is 60.9 Å². The minimum atomic E-state index is -1.13. The average Bonchev–Trinajstić information content (AvgIpc) is 2.40. The maximum atomic E-state index is 13.7. The molecule has 1 aromatic rings. The summed E-state index contributed by atoms with van der Waals surface area (Å²) >= 11 is 0. The Morgan fingerprint density at radius 3 is 2.55 bits per heavy atom. The van der Waals surface area contributed by atoms with Gasteiger partial charge in [0, 0.05) is 13.1 Å². The summed E-state index contributed by atoms with van der Waals surface area (Å²) in [5.41, 5.74) is 0.124. The summed E-state index contributed by atoms with van der Waals surface area (Å²) in [5, 5.41) is 8.82. The van der Waals surface area contributed by atoms with E-state index in [2.05, 4.69) is 6.58 Å². The molecule has 1 N–H and O–H groups in total. The number of carboxylic acids is 1. The third-order valence-corrected chi connectivity index (χ3v) is 2.64. The van der Waals surface area contributed by atoms with Gasteiger partial charge < -0.3 is 10.0 Å². The molecular weight excluding hydrogens is 263 g/mol. The molecule has 0 radical (unpaired) electrons. The first-order valence-electron chi connectivity index (χ1n) is 6.14. The number of nitrogens with zero attached hydrogens (tertiary/aromatic N) is 2. The molecule has 1 rings (SSSR count). The number of hydrogen-bond acceptors (Lipinski definition) is 2. The number of carbonyl (C=O) groups excluding carboxylic acids is 1. The third kappa shape index (κ3) is 3.81. The van der Waals surface area contributed by atoms with Gasteiger partial charge in [0.05, 0.1) is 5.69 Å². The lowest BCUT2D eigenvalue weighted by atomic mass is 10.2. The highest BCUT2D eigenvalue weighted by molar-refractivity contribution is 5.93. The molecule has 0 atom stereocenters. The second kappa shape index (κ2) is 7.28. The Hall–Kier alpha value is -2.37. The number of benzene rings is 1. The van der Waals surface area contributed by atoms with Gasteiger partial charge in [-0.2, -0.15) is 0 Å². The van der Waals surface area contributed by atoms with Gasteiger partial charge >= 0.3 is 12.0 Å². The summed E-state index contributed by atoms with van der Waals surface area (Å²) in [4.78, 5) is 25.4. The number of amides is 2. The van der Waals surface area contributed by atoms with E-state index in [-0.39, 0.29) is 18.8 Å². The normalized spacial score (nSPS) is 9.90. The lowest BCUT2D eigenvalue weighted by Crippen LogP contribution is -2.45. The van der Waals surface area contributed by atoms with Crippen LogP contribution in [0.2, 0.25) is 0 Å². The van der Waals surface area contributed by atoms with Crippen LogP contribution in [0.4, 0.5) is 14.9 Å². The number of urea groups is 1. The molecule has 2 amide bonds. The first-order valence-corrected chi connectivity index (χ1v) is 6.14. The van der Waals surface area contributed by atoms with E-state index in [1.807, 2.05) is 0 Å². The van der Waals surface area contributed by atoms with E-state index in [1.54, 1.807) is 13.0 Å². The van der Waals surface area contributed by atoms with Crippen LogP contribution in [0, 0.1) is 5.82 Å². The molecule has 0 aliphatic carbocycles. The maximum Gasteiger partial charge on any atom is 0.325 e. The largest absolute Gasteiger partial charge is 0.480 e. The maximum absolute atomic E-state index is 13.7. The summed E-state index contributed by atoms with van der Waals surface area (Å²) in [6, 6.07) is 5.29. The molecular formula is C14H17FN2O3. The van der Waals surface area contributed by atoms with E-state index in [0.717, 1.165) is 4.90 Å². The second-order valence-electron chi connectivity index (χ2n) is 4.04. The van der Waals surface area contributed by atoms with Crippen LogP contribution < -0.4 is 4.90 Å². The summed E-state index contributed by atoms with van der Waals surface area (Å²) in [5.74, 6) is -1.67. The van der Waals surface area contributed by atoms with E-state index >= 15 is 0 Å². The van der Waals surface area contributed by atoms with Crippen molar-refractivity contribution in [2.24, 2.45) is 0 Å². The lowest BCUT2D eigenvalue weighted by molar-refractivity contribution is -0.137. The molecule has 0 unspecified atom stereocenters. The highest BCUT2D eigenvalue weighted by Crippen LogP contribution is 2.19. The zero-order valence-electron chi connectivity index (χ0n) is 11.3. The van der Waals surface area contributed by atoms with Gasteiger partial charge in [0.25, 0.3) is 0 Å². The fourth-order valence-corrected chi connectivity index (χ4v) is 1.78. The van der Waals surface area contributed by atoms with Crippen LogP contribution >= 0.6 is 0 Å². The summed E-state index contributed by atoms with van der Waals surface area (Å²) < 4.78 is 13.7. The van der Waals surface area contributed by atoms with Crippen molar-refractivity contribution in [3.05, 3.63) is 42.7 Å². The Bertz CT molecular complexity index is 505. The van der Waals surface area contributed by atoms with E-state index in [0.29, 0.717) is 0 Å². The molecule has 6 heteroatoms. The Morgan fingerprint density at radius 2 is 2.05 bits per heavy atom. The minimum absolute atomic E-state index is 0.0795. The molecule has 1 aromatic carbocycles. The van der Waals surface area contributed by atoms with Gasteiger partial charge in [-0.1, -0.05) is 18.2 Å². The van der Waals surface area contributed by atoms with Gasteiger partial charge in [-0.3, -0.25) is 9.69 Å². The Balaban J connectivity index is 3.03. The molecule has 5 nitrogen and oxygen atoms in total. The molecule has 0 aliphatic heterocycles. The summed E-state index contributed by atoms with van der Waals surface area (Å²) in [7, 11) is 0. The van der Waals surface area contributed by atoms with Crippen molar-refractivity contribution in [1.82, 2.24) is 4.90 Å². The third-order valence-electron chi connectivity index (χ3n) is 2.64. The van der Waals surface area contributed by atoms with E-state index in [1.165, 1.54) is 29.2 Å². The van der Waals surface area contributed by atoms with Crippen LogP contribution in [-0.2, 0) is 4.79 Å². The van der Waals surface area contributed by atoms with Gasteiger partial charge in [-0.05, 0) is 19.1 Å². The monoisotopic (exact) mass is 280 g/mol. The first kappa shape index (κ1) is 15.7. The fraction of sp³-hybridized carbons (Fsp3) is 0.286. The fourth-order valence-electron chi connectivity index (χ4n) is 1.78. The molecule has 0 bridgehead atoms.